The number of carbonyl (C=O) groups is 2. The Bertz CT molecular complexity index is 571. The summed E-state index contributed by atoms with van der Waals surface area (Å²) in [5.41, 5.74) is 0.611. The maximum Gasteiger partial charge on any atom is 0.228 e. The van der Waals surface area contributed by atoms with Crippen molar-refractivity contribution in [3.05, 3.63) is 16.9 Å². The molecule has 3 heterocycles. The SMILES string of the molecule is Cn1cc(Cl)c(CC(=O)N2CC3CCCC(=O)NC3C2)n1. The van der Waals surface area contributed by atoms with E-state index < -0.39 is 0 Å². The lowest BCUT2D eigenvalue weighted by molar-refractivity contribution is -0.130. The third-order valence-electron chi connectivity index (χ3n) is 4.29. The van der Waals surface area contributed by atoms with Crippen LogP contribution in [-0.2, 0) is 23.1 Å². The van der Waals surface area contributed by atoms with Crippen molar-refractivity contribution < 1.29 is 9.59 Å². The van der Waals surface area contributed by atoms with E-state index in [-0.39, 0.29) is 24.3 Å². The Kier molecular flexibility index (Phi) is 3.89. The largest absolute Gasteiger partial charge is 0.351 e. The molecule has 2 atom stereocenters. The molecule has 0 spiro atoms. The van der Waals surface area contributed by atoms with Crippen molar-refractivity contribution in [1.82, 2.24) is 20.0 Å². The number of hydrogen-bond donors (Lipinski definition) is 1. The van der Waals surface area contributed by atoms with Crippen LogP contribution in [0.3, 0.4) is 0 Å². The molecule has 3 rings (SSSR count). The average Bonchev–Trinajstić information content (AvgIpc) is 2.89. The number of nitrogens with one attached hydrogen (secondary N) is 1. The second kappa shape index (κ2) is 5.67. The molecular weight excluding hydrogens is 292 g/mol. The van der Waals surface area contributed by atoms with E-state index in [0.717, 1.165) is 12.8 Å². The number of amides is 2. The first-order chi connectivity index (χ1) is 10.0. The van der Waals surface area contributed by atoms with E-state index in [9.17, 15) is 9.59 Å². The lowest BCUT2D eigenvalue weighted by Crippen LogP contribution is -2.39. The van der Waals surface area contributed by atoms with E-state index in [1.807, 2.05) is 4.90 Å². The van der Waals surface area contributed by atoms with Crippen molar-refractivity contribution in [3.63, 3.8) is 0 Å². The fourth-order valence-corrected chi connectivity index (χ4v) is 3.46. The summed E-state index contributed by atoms with van der Waals surface area (Å²) in [6.07, 6.45) is 4.41. The van der Waals surface area contributed by atoms with Gasteiger partial charge in [0.25, 0.3) is 0 Å². The molecule has 2 unspecified atom stereocenters. The second-order valence-corrected chi connectivity index (χ2v) is 6.31. The molecule has 1 aromatic rings. The highest BCUT2D eigenvalue weighted by molar-refractivity contribution is 6.31. The number of hydrogen-bond acceptors (Lipinski definition) is 3. The summed E-state index contributed by atoms with van der Waals surface area (Å²) in [6, 6.07) is 0.100. The zero-order chi connectivity index (χ0) is 15.0. The van der Waals surface area contributed by atoms with Crippen molar-refractivity contribution >= 4 is 23.4 Å². The molecule has 0 radical (unpaired) electrons. The lowest BCUT2D eigenvalue weighted by atomic mass is 9.99. The van der Waals surface area contributed by atoms with Gasteiger partial charge in [0.15, 0.2) is 0 Å². The van der Waals surface area contributed by atoms with Gasteiger partial charge < -0.3 is 10.2 Å². The Labute approximate surface area is 128 Å². The topological polar surface area (TPSA) is 67.2 Å². The van der Waals surface area contributed by atoms with Gasteiger partial charge in [-0.1, -0.05) is 11.6 Å². The Balaban J connectivity index is 1.64. The molecule has 0 saturated carbocycles. The summed E-state index contributed by atoms with van der Waals surface area (Å²) in [4.78, 5) is 25.8. The molecule has 1 N–H and O–H groups in total. The van der Waals surface area contributed by atoms with Crippen LogP contribution in [0.15, 0.2) is 6.20 Å². The van der Waals surface area contributed by atoms with Crippen LogP contribution >= 0.6 is 11.6 Å². The van der Waals surface area contributed by atoms with E-state index in [2.05, 4.69) is 10.4 Å². The Morgan fingerprint density at radius 2 is 2.33 bits per heavy atom. The molecule has 2 fully saturated rings. The fraction of sp³-hybridized carbons (Fsp3) is 0.643. The maximum atomic E-state index is 12.4. The molecule has 2 amide bonds. The summed E-state index contributed by atoms with van der Waals surface area (Å²) in [5.74, 6) is 0.502. The van der Waals surface area contributed by atoms with Crippen LogP contribution in [0.1, 0.15) is 25.0 Å². The fourth-order valence-electron chi connectivity index (χ4n) is 3.22. The van der Waals surface area contributed by atoms with Gasteiger partial charge >= 0.3 is 0 Å². The van der Waals surface area contributed by atoms with Gasteiger partial charge in [-0.05, 0) is 18.8 Å². The van der Waals surface area contributed by atoms with Crippen LogP contribution < -0.4 is 5.32 Å². The van der Waals surface area contributed by atoms with E-state index in [0.29, 0.717) is 36.1 Å². The van der Waals surface area contributed by atoms with Gasteiger partial charge in [0.1, 0.15) is 0 Å². The molecule has 7 heteroatoms. The summed E-state index contributed by atoms with van der Waals surface area (Å²) in [7, 11) is 1.78. The quantitative estimate of drug-likeness (QED) is 0.876. The number of nitrogens with zero attached hydrogens (tertiary/aromatic N) is 3. The van der Waals surface area contributed by atoms with Gasteiger partial charge in [0.05, 0.1) is 23.2 Å². The summed E-state index contributed by atoms with van der Waals surface area (Å²) >= 11 is 6.05. The zero-order valence-electron chi connectivity index (χ0n) is 12.0. The van der Waals surface area contributed by atoms with Crippen LogP contribution in [0, 0.1) is 5.92 Å². The van der Waals surface area contributed by atoms with Gasteiger partial charge in [-0.25, -0.2) is 0 Å². The number of rotatable bonds is 2. The third kappa shape index (κ3) is 3.05. The standard InChI is InChI=1S/C14H19ClN4O2/c1-18-7-10(15)11(17-18)5-14(21)19-6-9-3-2-4-13(20)16-12(9)8-19/h7,9,12H,2-6,8H2,1H3,(H,16,20). The molecule has 114 valence electrons. The highest BCUT2D eigenvalue weighted by atomic mass is 35.5. The van der Waals surface area contributed by atoms with Gasteiger partial charge in [-0.3, -0.25) is 14.3 Å². The normalized spacial score (nSPS) is 25.4. The number of aromatic nitrogens is 2. The minimum Gasteiger partial charge on any atom is -0.351 e. The predicted molar refractivity (Wildman–Crippen MR) is 77.8 cm³/mol. The van der Waals surface area contributed by atoms with Crippen molar-refractivity contribution in [2.24, 2.45) is 13.0 Å². The summed E-state index contributed by atoms with van der Waals surface area (Å²) in [5, 5.41) is 7.75. The van der Waals surface area contributed by atoms with Gasteiger partial charge in [0.2, 0.25) is 11.8 Å². The Morgan fingerprint density at radius 3 is 3.05 bits per heavy atom. The van der Waals surface area contributed by atoms with Crippen molar-refractivity contribution in [1.29, 1.82) is 0 Å². The average molecular weight is 311 g/mol. The summed E-state index contributed by atoms with van der Waals surface area (Å²) in [6.45, 7) is 1.31. The minimum atomic E-state index is 0.0259. The first-order valence-electron chi connectivity index (χ1n) is 7.28. The first kappa shape index (κ1) is 14.4. The van der Waals surface area contributed by atoms with E-state index in [4.69, 9.17) is 11.6 Å². The molecule has 6 nitrogen and oxygen atoms in total. The minimum absolute atomic E-state index is 0.0259. The Hall–Kier alpha value is -1.56. The smallest absolute Gasteiger partial charge is 0.228 e. The highest BCUT2D eigenvalue weighted by Gasteiger charge is 2.37. The van der Waals surface area contributed by atoms with E-state index in [1.54, 1.807) is 17.9 Å². The van der Waals surface area contributed by atoms with E-state index in [1.165, 1.54) is 0 Å². The summed E-state index contributed by atoms with van der Waals surface area (Å²) < 4.78 is 1.61. The molecule has 2 aliphatic rings. The second-order valence-electron chi connectivity index (χ2n) is 5.90. The first-order valence-corrected chi connectivity index (χ1v) is 7.66. The predicted octanol–water partition coefficient (Wildman–Crippen LogP) is 0.743. The number of carbonyl (C=O) groups excluding carboxylic acids is 2. The maximum absolute atomic E-state index is 12.4. The van der Waals surface area contributed by atoms with Crippen molar-refractivity contribution in [3.8, 4) is 0 Å². The van der Waals surface area contributed by atoms with Crippen LogP contribution in [-0.4, -0.2) is 45.6 Å². The molecule has 0 aromatic carbocycles. The molecule has 21 heavy (non-hydrogen) atoms. The zero-order valence-corrected chi connectivity index (χ0v) is 12.8. The number of halogens is 1. The molecule has 2 aliphatic heterocycles. The van der Waals surface area contributed by atoms with Gasteiger partial charge in [-0.2, -0.15) is 5.10 Å². The lowest BCUT2D eigenvalue weighted by Gasteiger charge is -2.16. The van der Waals surface area contributed by atoms with Crippen molar-refractivity contribution in [2.75, 3.05) is 13.1 Å². The highest BCUT2D eigenvalue weighted by Crippen LogP contribution is 2.26. The number of aryl methyl sites for hydroxylation is 1. The van der Waals surface area contributed by atoms with Crippen LogP contribution in [0.25, 0.3) is 0 Å². The van der Waals surface area contributed by atoms with Crippen LogP contribution in [0.2, 0.25) is 5.02 Å². The van der Waals surface area contributed by atoms with Crippen LogP contribution in [0.5, 0.6) is 0 Å². The van der Waals surface area contributed by atoms with Crippen LogP contribution in [0.4, 0.5) is 0 Å². The third-order valence-corrected chi connectivity index (χ3v) is 4.61. The molecule has 2 saturated heterocycles. The Morgan fingerprint density at radius 1 is 1.52 bits per heavy atom. The molecule has 0 aliphatic carbocycles. The van der Waals surface area contributed by atoms with Gasteiger partial charge in [0, 0.05) is 32.8 Å². The number of fused-ring (bicyclic) bond motifs is 1. The van der Waals surface area contributed by atoms with E-state index >= 15 is 0 Å². The molecular formula is C14H19ClN4O2. The molecule has 0 bridgehead atoms. The number of likely N-dealkylation sites (tertiary alicyclic amines) is 1. The van der Waals surface area contributed by atoms with Gasteiger partial charge in [-0.15, -0.1) is 0 Å². The molecule has 1 aromatic heterocycles. The monoisotopic (exact) mass is 310 g/mol. The van der Waals surface area contributed by atoms with Crippen molar-refractivity contribution in [2.45, 2.75) is 31.7 Å².